The number of hydrogen-bond donors (Lipinski definition) is 1. The zero-order valence-corrected chi connectivity index (χ0v) is 11.5. The molecule has 0 bridgehead atoms. The van der Waals surface area contributed by atoms with E-state index >= 15 is 0 Å². The largest absolute Gasteiger partial charge is 0.337 e. The highest BCUT2D eigenvalue weighted by molar-refractivity contribution is 5.79. The summed E-state index contributed by atoms with van der Waals surface area (Å²) in [5.41, 5.74) is -0.755. The Labute approximate surface area is 115 Å². The third-order valence-electron chi connectivity index (χ3n) is 3.19. The summed E-state index contributed by atoms with van der Waals surface area (Å²) in [5.74, 6) is 8.27. The monoisotopic (exact) mass is 257 g/mol. The summed E-state index contributed by atoms with van der Waals surface area (Å²) < 4.78 is 0. The van der Waals surface area contributed by atoms with Crippen LogP contribution in [0, 0.1) is 41.4 Å². The molecule has 1 N–H and O–H groups in total. The number of hydrogen-bond acceptors (Lipinski definition) is 3. The molecule has 100 valence electrons. The van der Waals surface area contributed by atoms with Crippen molar-refractivity contribution in [3.8, 4) is 30.3 Å². The Hall–Kier alpha value is -1.96. The van der Waals surface area contributed by atoms with Gasteiger partial charge in [-0.2, -0.15) is 5.26 Å². The first-order chi connectivity index (χ1) is 9.05. The van der Waals surface area contributed by atoms with Crippen LogP contribution in [-0.2, 0) is 4.79 Å². The maximum Gasteiger partial charge on any atom is 0.235 e. The zero-order chi connectivity index (χ0) is 14.3. The molecule has 0 aromatic heterocycles. The number of rotatable bonds is 6. The lowest BCUT2D eigenvalue weighted by Gasteiger charge is -2.25. The first-order valence-corrected chi connectivity index (χ1v) is 6.33. The fourth-order valence-corrected chi connectivity index (χ4v) is 1.90. The summed E-state index contributed by atoms with van der Waals surface area (Å²) in [6, 6.07) is 2.20. The van der Waals surface area contributed by atoms with Gasteiger partial charge in [-0.1, -0.05) is 11.8 Å². The van der Waals surface area contributed by atoms with Crippen LogP contribution in [0.4, 0.5) is 0 Å². The molecule has 0 spiro atoms. The van der Waals surface area contributed by atoms with Gasteiger partial charge in [0.1, 0.15) is 5.54 Å². The van der Waals surface area contributed by atoms with E-state index in [1.165, 1.54) is 0 Å². The molecule has 0 saturated heterocycles. The number of nitriles is 1. The second-order valence-corrected chi connectivity index (χ2v) is 4.91. The maximum absolute atomic E-state index is 12.0. The summed E-state index contributed by atoms with van der Waals surface area (Å²) >= 11 is 0. The molecule has 19 heavy (non-hydrogen) atoms. The van der Waals surface area contributed by atoms with E-state index in [-0.39, 0.29) is 18.4 Å². The van der Waals surface area contributed by atoms with E-state index < -0.39 is 5.54 Å². The summed E-state index contributed by atoms with van der Waals surface area (Å²) in [5, 5.41) is 12.0. The van der Waals surface area contributed by atoms with Crippen molar-refractivity contribution in [2.75, 3.05) is 19.6 Å². The average Bonchev–Trinajstić information content (AvgIpc) is 3.20. The van der Waals surface area contributed by atoms with Gasteiger partial charge in [-0.25, -0.2) is 0 Å². The lowest BCUT2D eigenvalue weighted by Crippen LogP contribution is -2.50. The van der Waals surface area contributed by atoms with Crippen LogP contribution in [0.25, 0.3) is 0 Å². The third-order valence-corrected chi connectivity index (χ3v) is 3.19. The van der Waals surface area contributed by atoms with Gasteiger partial charge in [0.15, 0.2) is 0 Å². The van der Waals surface area contributed by atoms with Gasteiger partial charge in [0.25, 0.3) is 0 Å². The predicted octanol–water partition coefficient (Wildman–Crippen LogP) is 0.753. The Morgan fingerprint density at radius 3 is 2.68 bits per heavy atom. The molecule has 0 radical (unpaired) electrons. The van der Waals surface area contributed by atoms with E-state index in [9.17, 15) is 10.1 Å². The Balaban J connectivity index is 2.54. The van der Waals surface area contributed by atoms with E-state index in [0.29, 0.717) is 13.1 Å². The van der Waals surface area contributed by atoms with Gasteiger partial charge in [0, 0.05) is 0 Å². The number of amides is 1. The summed E-state index contributed by atoms with van der Waals surface area (Å²) in [6.45, 7) is 4.52. The molecule has 1 unspecified atom stereocenters. The number of nitrogens with one attached hydrogen (secondary N) is 1. The van der Waals surface area contributed by atoms with Crippen molar-refractivity contribution in [1.82, 2.24) is 10.2 Å². The van der Waals surface area contributed by atoms with Crippen LogP contribution in [0.15, 0.2) is 0 Å². The van der Waals surface area contributed by atoms with Gasteiger partial charge < -0.3 is 5.32 Å². The fraction of sp³-hybridized carbons (Fsp3) is 0.600. The lowest BCUT2D eigenvalue weighted by molar-refractivity contribution is -0.123. The maximum atomic E-state index is 12.0. The SMILES string of the molecule is C#CCN(CC#CC)CC(=O)NC(C)(C#N)C1CC1. The highest BCUT2D eigenvalue weighted by Crippen LogP contribution is 2.39. The molecule has 1 amide bonds. The van der Waals surface area contributed by atoms with Crippen molar-refractivity contribution in [2.45, 2.75) is 32.2 Å². The van der Waals surface area contributed by atoms with Crippen molar-refractivity contribution >= 4 is 5.91 Å². The standard InChI is InChI=1S/C15H19N3O/c1-4-6-10-18(9-5-2)11-14(19)17-15(3,12-16)13-7-8-13/h2,13H,7-11H2,1,3H3,(H,17,19). The minimum absolute atomic E-state index is 0.170. The molecule has 4 nitrogen and oxygen atoms in total. The zero-order valence-electron chi connectivity index (χ0n) is 11.5. The van der Waals surface area contributed by atoms with Crippen molar-refractivity contribution in [1.29, 1.82) is 5.26 Å². The van der Waals surface area contributed by atoms with E-state index in [1.807, 2.05) is 0 Å². The molecule has 1 aliphatic rings. The fourth-order valence-electron chi connectivity index (χ4n) is 1.90. The minimum Gasteiger partial charge on any atom is -0.337 e. The van der Waals surface area contributed by atoms with Crippen LogP contribution in [0.3, 0.4) is 0 Å². The van der Waals surface area contributed by atoms with Crippen LogP contribution in [-0.4, -0.2) is 36.0 Å². The van der Waals surface area contributed by atoms with E-state index in [4.69, 9.17) is 6.42 Å². The second kappa shape index (κ2) is 6.83. The summed E-state index contributed by atoms with van der Waals surface area (Å²) in [4.78, 5) is 13.8. The van der Waals surface area contributed by atoms with Gasteiger partial charge in [0.2, 0.25) is 5.91 Å². The summed E-state index contributed by atoms with van der Waals surface area (Å²) in [6.07, 6.45) is 7.26. The van der Waals surface area contributed by atoms with Crippen LogP contribution in [0.1, 0.15) is 26.7 Å². The van der Waals surface area contributed by atoms with Crippen LogP contribution < -0.4 is 5.32 Å². The number of carbonyl (C=O) groups excluding carboxylic acids is 1. The Bertz CT molecular complexity index is 470. The van der Waals surface area contributed by atoms with E-state index in [0.717, 1.165) is 12.8 Å². The van der Waals surface area contributed by atoms with Gasteiger partial charge >= 0.3 is 0 Å². The smallest absolute Gasteiger partial charge is 0.235 e. The highest BCUT2D eigenvalue weighted by Gasteiger charge is 2.43. The molecule has 0 aliphatic heterocycles. The van der Waals surface area contributed by atoms with Gasteiger partial charge in [0.05, 0.1) is 25.7 Å². The Morgan fingerprint density at radius 1 is 1.53 bits per heavy atom. The highest BCUT2D eigenvalue weighted by atomic mass is 16.2. The van der Waals surface area contributed by atoms with E-state index in [1.54, 1.807) is 18.7 Å². The molecule has 4 heteroatoms. The molecular formula is C15H19N3O. The lowest BCUT2D eigenvalue weighted by atomic mass is 9.98. The summed E-state index contributed by atoms with van der Waals surface area (Å²) in [7, 11) is 0. The minimum atomic E-state index is -0.755. The van der Waals surface area contributed by atoms with Crippen molar-refractivity contribution in [3.05, 3.63) is 0 Å². The second-order valence-electron chi connectivity index (χ2n) is 4.91. The Morgan fingerprint density at radius 2 is 2.21 bits per heavy atom. The van der Waals surface area contributed by atoms with E-state index in [2.05, 4.69) is 29.1 Å². The van der Waals surface area contributed by atoms with Gasteiger partial charge in [-0.05, 0) is 32.6 Å². The number of carbonyl (C=O) groups is 1. The van der Waals surface area contributed by atoms with Crippen LogP contribution in [0.5, 0.6) is 0 Å². The quantitative estimate of drug-likeness (QED) is 0.715. The first kappa shape index (κ1) is 15.1. The number of nitrogens with zero attached hydrogens (tertiary/aromatic N) is 2. The average molecular weight is 257 g/mol. The molecule has 0 aromatic carbocycles. The topological polar surface area (TPSA) is 56.1 Å². The molecular weight excluding hydrogens is 238 g/mol. The van der Waals surface area contributed by atoms with Crippen molar-refractivity contribution in [2.24, 2.45) is 5.92 Å². The molecule has 1 aliphatic carbocycles. The van der Waals surface area contributed by atoms with Crippen molar-refractivity contribution < 1.29 is 4.79 Å². The molecule has 1 rings (SSSR count). The van der Waals surface area contributed by atoms with Gasteiger partial charge in [-0.15, -0.1) is 12.3 Å². The molecule has 0 aromatic rings. The predicted molar refractivity (Wildman–Crippen MR) is 73.6 cm³/mol. The molecule has 1 atom stereocenters. The molecule has 1 fully saturated rings. The van der Waals surface area contributed by atoms with Crippen LogP contribution in [0.2, 0.25) is 0 Å². The van der Waals surface area contributed by atoms with Crippen molar-refractivity contribution in [3.63, 3.8) is 0 Å². The third kappa shape index (κ3) is 4.66. The number of terminal acetylenes is 1. The van der Waals surface area contributed by atoms with Crippen LogP contribution >= 0.6 is 0 Å². The first-order valence-electron chi connectivity index (χ1n) is 6.33. The molecule has 0 heterocycles. The molecule has 1 saturated carbocycles. The normalized spacial score (nSPS) is 16.5. The Kier molecular flexibility index (Phi) is 5.43. The van der Waals surface area contributed by atoms with Gasteiger partial charge in [-0.3, -0.25) is 9.69 Å².